The van der Waals surface area contributed by atoms with Crippen molar-refractivity contribution in [1.82, 2.24) is 10.2 Å². The molecule has 0 spiro atoms. The van der Waals surface area contributed by atoms with Crippen LogP contribution in [0.3, 0.4) is 0 Å². The van der Waals surface area contributed by atoms with Crippen molar-refractivity contribution in [3.05, 3.63) is 40.3 Å². The summed E-state index contributed by atoms with van der Waals surface area (Å²) in [5.74, 6) is -1.89. The van der Waals surface area contributed by atoms with Crippen LogP contribution in [-0.4, -0.2) is 44.7 Å². The molecule has 2 N–H and O–H groups in total. The molecular formula is C20H24N2O4S2. The van der Waals surface area contributed by atoms with Gasteiger partial charge >= 0.3 is 5.97 Å². The number of nitrogens with zero attached hydrogens (tertiary/aromatic N) is 1. The minimum atomic E-state index is -1.06. The number of rotatable bonds is 8. The second-order valence-corrected chi connectivity index (χ2v) is 8.44. The maximum atomic E-state index is 12.6. The number of carbonyl (C=O) groups is 3. The normalized spacial score (nSPS) is 17.7. The fourth-order valence-corrected chi connectivity index (χ4v) is 3.96. The molecule has 1 heterocycles. The van der Waals surface area contributed by atoms with Gasteiger partial charge in [-0.05, 0) is 24.5 Å². The molecule has 0 unspecified atom stereocenters. The summed E-state index contributed by atoms with van der Waals surface area (Å²) in [6, 6.07) is 6.84. The zero-order chi connectivity index (χ0) is 20.8. The van der Waals surface area contributed by atoms with Crippen LogP contribution in [0.4, 0.5) is 0 Å². The zero-order valence-electron chi connectivity index (χ0n) is 16.1. The van der Waals surface area contributed by atoms with E-state index in [1.165, 1.54) is 16.7 Å². The highest BCUT2D eigenvalue weighted by atomic mass is 32.2. The van der Waals surface area contributed by atoms with Crippen LogP contribution in [0.25, 0.3) is 6.08 Å². The van der Waals surface area contributed by atoms with E-state index in [4.69, 9.17) is 12.2 Å². The molecule has 28 heavy (non-hydrogen) atoms. The molecule has 6 nitrogen and oxygen atoms in total. The Morgan fingerprint density at radius 3 is 2.54 bits per heavy atom. The Hall–Kier alpha value is -2.19. The number of thiocarbonyl (C=S) groups is 1. The second kappa shape index (κ2) is 9.84. The van der Waals surface area contributed by atoms with E-state index in [1.807, 2.05) is 38.1 Å². The van der Waals surface area contributed by atoms with Gasteiger partial charge in [-0.1, -0.05) is 74.1 Å². The van der Waals surface area contributed by atoms with Gasteiger partial charge in [0.1, 0.15) is 10.4 Å². The largest absolute Gasteiger partial charge is 0.480 e. The number of benzene rings is 1. The van der Waals surface area contributed by atoms with E-state index in [-0.39, 0.29) is 24.8 Å². The second-order valence-electron chi connectivity index (χ2n) is 6.76. The summed E-state index contributed by atoms with van der Waals surface area (Å²) < 4.78 is 0.396. The molecule has 0 radical (unpaired) electrons. The van der Waals surface area contributed by atoms with Gasteiger partial charge in [0.05, 0.1) is 4.91 Å². The third-order valence-electron chi connectivity index (χ3n) is 4.61. The molecule has 0 aliphatic carbocycles. The quantitative estimate of drug-likeness (QED) is 0.496. The Kier molecular flexibility index (Phi) is 7.77. The van der Waals surface area contributed by atoms with Gasteiger partial charge in [0.2, 0.25) is 5.91 Å². The highest BCUT2D eigenvalue weighted by Crippen LogP contribution is 2.32. The van der Waals surface area contributed by atoms with Crippen LogP contribution >= 0.6 is 24.0 Å². The summed E-state index contributed by atoms with van der Waals surface area (Å²) in [5, 5.41) is 11.8. The maximum Gasteiger partial charge on any atom is 0.326 e. The molecule has 8 heteroatoms. The van der Waals surface area contributed by atoms with Crippen molar-refractivity contribution in [1.29, 1.82) is 0 Å². The van der Waals surface area contributed by atoms with Gasteiger partial charge in [0, 0.05) is 13.0 Å². The standard InChI is InChI=1S/C20H24N2O4S2/c1-4-13(3)17(19(25)26)21-16(23)9-10-22-18(24)15(28-20(22)27)11-14-7-5-12(2)6-8-14/h5-8,11,13,17H,4,9-10H2,1-3H3,(H,21,23)(H,25,26)/b15-11+/t13-,17-/m1/s1. The van der Waals surface area contributed by atoms with Gasteiger partial charge in [-0.25, -0.2) is 4.79 Å². The minimum absolute atomic E-state index is 0.00946. The van der Waals surface area contributed by atoms with Crippen molar-refractivity contribution in [2.24, 2.45) is 5.92 Å². The van der Waals surface area contributed by atoms with E-state index in [2.05, 4.69) is 5.32 Å². The number of hydrogen-bond acceptors (Lipinski definition) is 5. The molecular weight excluding hydrogens is 396 g/mol. The lowest BCUT2D eigenvalue weighted by atomic mass is 9.99. The highest BCUT2D eigenvalue weighted by Gasteiger charge is 2.32. The topological polar surface area (TPSA) is 86.7 Å². The van der Waals surface area contributed by atoms with E-state index in [0.717, 1.165) is 11.1 Å². The fourth-order valence-electron chi connectivity index (χ4n) is 2.65. The Morgan fingerprint density at radius 1 is 1.32 bits per heavy atom. The van der Waals surface area contributed by atoms with Gasteiger partial charge < -0.3 is 10.4 Å². The van der Waals surface area contributed by atoms with Crippen molar-refractivity contribution in [2.45, 2.75) is 39.7 Å². The first-order chi connectivity index (χ1) is 13.2. The molecule has 0 aromatic heterocycles. The van der Waals surface area contributed by atoms with E-state index < -0.39 is 17.9 Å². The molecule has 2 amide bonds. The van der Waals surface area contributed by atoms with Crippen LogP contribution in [0.15, 0.2) is 29.2 Å². The predicted octanol–water partition coefficient (Wildman–Crippen LogP) is 3.20. The van der Waals surface area contributed by atoms with Gasteiger partial charge in [0.25, 0.3) is 5.91 Å². The zero-order valence-corrected chi connectivity index (χ0v) is 17.7. The number of aliphatic carboxylic acids is 1. The van der Waals surface area contributed by atoms with Crippen LogP contribution in [0.5, 0.6) is 0 Å². The van der Waals surface area contributed by atoms with Crippen molar-refractivity contribution in [2.75, 3.05) is 6.54 Å². The van der Waals surface area contributed by atoms with Gasteiger partial charge in [-0.2, -0.15) is 0 Å². The molecule has 0 bridgehead atoms. The summed E-state index contributed by atoms with van der Waals surface area (Å²) in [5.41, 5.74) is 2.04. The van der Waals surface area contributed by atoms with Crippen molar-refractivity contribution < 1.29 is 19.5 Å². The molecule has 0 saturated carbocycles. The lowest BCUT2D eigenvalue weighted by Gasteiger charge is -2.21. The first-order valence-electron chi connectivity index (χ1n) is 9.07. The maximum absolute atomic E-state index is 12.6. The van der Waals surface area contributed by atoms with Gasteiger partial charge in [-0.3, -0.25) is 14.5 Å². The third kappa shape index (κ3) is 5.65. The number of thioether (sulfide) groups is 1. The first kappa shape index (κ1) is 22.1. The fraction of sp³-hybridized carbons (Fsp3) is 0.400. The van der Waals surface area contributed by atoms with E-state index >= 15 is 0 Å². The Balaban J connectivity index is 1.98. The molecule has 1 saturated heterocycles. The van der Waals surface area contributed by atoms with Crippen molar-refractivity contribution in [3.8, 4) is 0 Å². The number of aryl methyl sites for hydroxylation is 1. The monoisotopic (exact) mass is 420 g/mol. The smallest absolute Gasteiger partial charge is 0.326 e. The average Bonchev–Trinajstić information content (AvgIpc) is 2.92. The van der Waals surface area contributed by atoms with Gasteiger partial charge in [-0.15, -0.1) is 0 Å². The summed E-state index contributed by atoms with van der Waals surface area (Å²) >= 11 is 6.48. The van der Waals surface area contributed by atoms with Crippen molar-refractivity contribution >= 4 is 52.2 Å². The summed E-state index contributed by atoms with van der Waals surface area (Å²) in [7, 11) is 0. The Morgan fingerprint density at radius 2 is 1.96 bits per heavy atom. The first-order valence-corrected chi connectivity index (χ1v) is 10.3. The molecule has 2 atom stereocenters. The molecule has 150 valence electrons. The van der Waals surface area contributed by atoms with E-state index in [0.29, 0.717) is 15.6 Å². The van der Waals surface area contributed by atoms with Crippen molar-refractivity contribution in [3.63, 3.8) is 0 Å². The number of nitrogens with one attached hydrogen (secondary N) is 1. The Labute approximate surface area is 174 Å². The molecule has 1 aromatic carbocycles. The van der Waals surface area contributed by atoms with Crippen LogP contribution in [0.2, 0.25) is 0 Å². The number of amides is 2. The number of carbonyl (C=O) groups excluding carboxylic acids is 2. The molecule has 1 aliphatic heterocycles. The number of carboxylic acid groups (broad SMARTS) is 1. The average molecular weight is 421 g/mol. The predicted molar refractivity (Wildman–Crippen MR) is 115 cm³/mol. The lowest BCUT2D eigenvalue weighted by molar-refractivity contribution is -0.143. The summed E-state index contributed by atoms with van der Waals surface area (Å²) in [6.07, 6.45) is 2.41. The lowest BCUT2D eigenvalue weighted by Crippen LogP contribution is -2.46. The summed E-state index contributed by atoms with van der Waals surface area (Å²) in [6.45, 7) is 5.75. The summed E-state index contributed by atoms with van der Waals surface area (Å²) in [4.78, 5) is 38.0. The molecule has 1 aromatic rings. The minimum Gasteiger partial charge on any atom is -0.480 e. The van der Waals surface area contributed by atoms with Crippen LogP contribution < -0.4 is 5.32 Å². The van der Waals surface area contributed by atoms with Gasteiger partial charge in [0.15, 0.2) is 0 Å². The van der Waals surface area contributed by atoms with E-state index in [9.17, 15) is 19.5 Å². The van der Waals surface area contributed by atoms with Crippen LogP contribution in [-0.2, 0) is 14.4 Å². The van der Waals surface area contributed by atoms with E-state index in [1.54, 1.807) is 13.0 Å². The molecule has 2 rings (SSSR count). The van der Waals surface area contributed by atoms with Crippen LogP contribution in [0, 0.1) is 12.8 Å². The molecule has 1 fully saturated rings. The number of hydrogen-bond donors (Lipinski definition) is 2. The number of carboxylic acids is 1. The van der Waals surface area contributed by atoms with Crippen LogP contribution in [0.1, 0.15) is 37.8 Å². The third-order valence-corrected chi connectivity index (χ3v) is 5.98. The Bertz CT molecular complexity index is 805. The SMILES string of the molecule is CC[C@@H](C)[C@@H](NC(=O)CCN1C(=O)/C(=C\c2ccc(C)cc2)SC1=S)C(=O)O. The highest BCUT2D eigenvalue weighted by molar-refractivity contribution is 8.26. The molecule has 1 aliphatic rings.